The Morgan fingerprint density at radius 2 is 1.45 bits per heavy atom. The summed E-state index contributed by atoms with van der Waals surface area (Å²) >= 11 is 0. The van der Waals surface area contributed by atoms with E-state index in [-0.39, 0.29) is 18.9 Å². The van der Waals surface area contributed by atoms with Gasteiger partial charge < -0.3 is 9.64 Å². The molecule has 0 radical (unpaired) electrons. The molecule has 29 heavy (non-hydrogen) atoms. The quantitative estimate of drug-likeness (QED) is 0.538. The van der Waals surface area contributed by atoms with Gasteiger partial charge in [0.2, 0.25) is 5.91 Å². The molecular formula is C25H25NO3. The highest BCUT2D eigenvalue weighted by Gasteiger charge is 2.18. The van der Waals surface area contributed by atoms with Gasteiger partial charge in [0.05, 0.1) is 8.48 Å². The van der Waals surface area contributed by atoms with Crippen molar-refractivity contribution in [2.45, 2.75) is 33.2 Å². The Bertz CT molecular complexity index is 989. The minimum atomic E-state index is -1.42. The molecule has 0 aliphatic carbocycles. The topological polar surface area (TPSA) is 46.6 Å². The number of hydrogen-bond donors (Lipinski definition) is 0. The maximum Gasteiger partial charge on any atom is 0.325 e. The second-order valence-electron chi connectivity index (χ2n) is 6.32. The highest BCUT2D eigenvalue weighted by Crippen LogP contribution is 2.11. The Morgan fingerprint density at radius 3 is 1.93 bits per heavy atom. The molecule has 2 aromatic rings. The summed E-state index contributed by atoms with van der Waals surface area (Å²) in [6, 6.07) is 15.1. The fourth-order valence-corrected chi connectivity index (χ4v) is 2.71. The van der Waals surface area contributed by atoms with E-state index in [9.17, 15) is 9.59 Å². The van der Waals surface area contributed by atoms with Crippen LogP contribution in [0.1, 0.15) is 43.9 Å². The van der Waals surface area contributed by atoms with E-state index < -0.39 is 12.5 Å². The van der Waals surface area contributed by atoms with Gasteiger partial charge in [0.25, 0.3) is 0 Å². The van der Waals surface area contributed by atoms with Crippen LogP contribution < -0.4 is 0 Å². The Labute approximate surface area is 174 Å². The molecule has 0 aliphatic rings. The van der Waals surface area contributed by atoms with Crippen molar-refractivity contribution in [2.24, 2.45) is 0 Å². The number of carbonyl (C=O) groups excluding carboxylic acids is 2. The maximum atomic E-state index is 12.9. The zero-order valence-corrected chi connectivity index (χ0v) is 17.0. The second-order valence-corrected chi connectivity index (χ2v) is 6.32. The molecule has 0 bridgehead atoms. The average molecular weight is 388 g/mol. The average Bonchev–Trinajstić information content (AvgIpc) is 2.77. The third-order valence-electron chi connectivity index (χ3n) is 4.21. The predicted octanol–water partition coefficient (Wildman–Crippen LogP) is 3.56. The van der Waals surface area contributed by atoms with Crippen LogP contribution in [0.2, 0.25) is 0 Å². The smallest absolute Gasteiger partial charge is 0.325 e. The highest BCUT2D eigenvalue weighted by molar-refractivity contribution is 5.82. The van der Waals surface area contributed by atoms with Crippen LogP contribution in [0.5, 0.6) is 0 Å². The second kappa shape index (κ2) is 11.4. The van der Waals surface area contributed by atoms with Crippen LogP contribution in [0, 0.1) is 23.7 Å². The molecular weight excluding hydrogens is 362 g/mol. The number of aryl methyl sites for hydroxylation is 1. The maximum absolute atomic E-state index is 12.9. The molecule has 0 aromatic heterocycles. The van der Waals surface area contributed by atoms with Crippen LogP contribution in [0.15, 0.2) is 48.5 Å². The van der Waals surface area contributed by atoms with Gasteiger partial charge in [-0.05, 0) is 55.7 Å². The van der Waals surface area contributed by atoms with Gasteiger partial charge in [-0.3, -0.25) is 9.59 Å². The summed E-state index contributed by atoms with van der Waals surface area (Å²) in [6.07, 6.45) is 0.693. The van der Waals surface area contributed by atoms with Crippen molar-refractivity contribution >= 4 is 11.9 Å². The first-order valence-electron chi connectivity index (χ1n) is 9.89. The molecule has 0 spiro atoms. The fourth-order valence-electron chi connectivity index (χ4n) is 2.71. The highest BCUT2D eigenvalue weighted by atomic mass is 16.5. The van der Waals surface area contributed by atoms with Crippen molar-refractivity contribution < 1.29 is 15.7 Å². The minimum Gasteiger partial charge on any atom is -0.468 e. The molecule has 1 unspecified atom stereocenters. The van der Waals surface area contributed by atoms with E-state index in [1.165, 1.54) is 12.0 Å². The lowest BCUT2D eigenvalue weighted by molar-refractivity contribution is -0.147. The van der Waals surface area contributed by atoms with Gasteiger partial charge in [-0.1, -0.05) is 36.1 Å². The summed E-state index contributed by atoms with van der Waals surface area (Å²) in [7, 11) is 1.21. The van der Waals surface area contributed by atoms with Crippen LogP contribution in [-0.2, 0) is 27.3 Å². The van der Waals surface area contributed by atoms with E-state index >= 15 is 0 Å². The number of benzene rings is 2. The predicted molar refractivity (Wildman–Crippen MR) is 114 cm³/mol. The van der Waals surface area contributed by atoms with Crippen LogP contribution >= 0.6 is 0 Å². The van der Waals surface area contributed by atoms with E-state index in [1.54, 1.807) is 13.8 Å². The molecule has 0 fully saturated rings. The normalized spacial score (nSPS) is 11.1. The van der Waals surface area contributed by atoms with Crippen LogP contribution in [0.25, 0.3) is 0 Å². The van der Waals surface area contributed by atoms with Gasteiger partial charge in [0, 0.05) is 24.1 Å². The Kier molecular flexibility index (Phi) is 7.93. The van der Waals surface area contributed by atoms with Crippen LogP contribution in [-0.4, -0.2) is 30.4 Å². The number of nitrogens with zero attached hydrogens (tertiary/aromatic N) is 1. The van der Waals surface area contributed by atoms with Gasteiger partial charge >= 0.3 is 5.97 Å². The molecule has 0 heterocycles. The molecule has 2 rings (SSSR count). The van der Waals surface area contributed by atoms with Crippen molar-refractivity contribution in [3.8, 4) is 23.7 Å². The molecule has 0 saturated carbocycles. The summed E-state index contributed by atoms with van der Waals surface area (Å²) in [5.41, 5.74) is 3.59. The number of esters is 1. The lowest BCUT2D eigenvalue weighted by atomic mass is 10.1. The Hall–Kier alpha value is -3.50. The molecule has 0 saturated heterocycles. The SMILES string of the molecule is [2H]C(C(=O)OC)N(Cc1ccc(C#CC)cc1)C(=O)CCc1ccc(C#CC)cc1. The first kappa shape index (κ1) is 20.2. The lowest BCUT2D eigenvalue weighted by Gasteiger charge is -2.22. The van der Waals surface area contributed by atoms with E-state index in [0.717, 1.165) is 22.3 Å². The number of hydrogen-bond acceptors (Lipinski definition) is 3. The Balaban J connectivity index is 2.12. The molecule has 4 heteroatoms. The minimum absolute atomic E-state index is 0.146. The molecule has 2 aromatic carbocycles. The summed E-state index contributed by atoms with van der Waals surface area (Å²) in [5.74, 6) is 10.6. The van der Waals surface area contributed by atoms with Crippen molar-refractivity contribution in [3.05, 3.63) is 70.8 Å². The summed E-state index contributed by atoms with van der Waals surface area (Å²) in [5, 5.41) is 0. The largest absolute Gasteiger partial charge is 0.468 e. The third-order valence-corrected chi connectivity index (χ3v) is 4.21. The van der Waals surface area contributed by atoms with Crippen molar-refractivity contribution in [1.29, 1.82) is 0 Å². The van der Waals surface area contributed by atoms with E-state index in [4.69, 9.17) is 1.37 Å². The van der Waals surface area contributed by atoms with Gasteiger partial charge in [-0.25, -0.2) is 0 Å². The first-order valence-corrected chi connectivity index (χ1v) is 9.31. The zero-order valence-electron chi connectivity index (χ0n) is 18.0. The lowest BCUT2D eigenvalue weighted by Crippen LogP contribution is -2.35. The Morgan fingerprint density at radius 1 is 0.931 bits per heavy atom. The summed E-state index contributed by atoms with van der Waals surface area (Å²) in [4.78, 5) is 26.0. The number of methoxy groups -OCH3 is 1. The number of rotatable bonds is 7. The van der Waals surface area contributed by atoms with Crippen LogP contribution in [0.4, 0.5) is 0 Å². The van der Waals surface area contributed by atoms with E-state index in [0.29, 0.717) is 6.42 Å². The van der Waals surface area contributed by atoms with Gasteiger partial charge in [0.1, 0.15) is 6.52 Å². The molecule has 1 amide bonds. The summed E-state index contributed by atoms with van der Waals surface area (Å²) < 4.78 is 12.9. The van der Waals surface area contributed by atoms with Gasteiger partial charge in [-0.15, -0.1) is 11.8 Å². The standard InChI is InChI=1S/C25H25NO3/c1-4-6-20-8-10-22(11-9-20)16-17-24(27)26(19-25(28)29-3)18-23-14-12-21(7-5-2)13-15-23/h8-15H,16-19H2,1-3H3/i19D. The van der Waals surface area contributed by atoms with Crippen molar-refractivity contribution in [3.63, 3.8) is 0 Å². The zero-order chi connectivity index (χ0) is 21.9. The third kappa shape index (κ3) is 7.20. The monoisotopic (exact) mass is 388 g/mol. The molecule has 1 atom stereocenters. The first-order chi connectivity index (χ1) is 14.5. The number of carbonyl (C=O) groups is 2. The van der Waals surface area contributed by atoms with E-state index in [1.807, 2.05) is 48.5 Å². The van der Waals surface area contributed by atoms with Crippen molar-refractivity contribution in [1.82, 2.24) is 4.90 Å². The molecule has 4 nitrogen and oxygen atoms in total. The number of amides is 1. The number of ether oxygens (including phenoxy) is 1. The van der Waals surface area contributed by atoms with Crippen molar-refractivity contribution in [2.75, 3.05) is 13.6 Å². The molecule has 0 aliphatic heterocycles. The van der Waals surface area contributed by atoms with E-state index in [2.05, 4.69) is 28.4 Å². The van der Waals surface area contributed by atoms with Gasteiger partial charge in [-0.2, -0.15) is 0 Å². The summed E-state index contributed by atoms with van der Waals surface area (Å²) in [6.45, 7) is 2.28. The van der Waals surface area contributed by atoms with Gasteiger partial charge in [0.15, 0.2) is 0 Å². The fraction of sp³-hybridized carbons (Fsp3) is 0.280. The van der Waals surface area contributed by atoms with Crippen LogP contribution in [0.3, 0.4) is 0 Å². The molecule has 148 valence electrons. The molecule has 0 N–H and O–H groups in total.